The van der Waals surface area contributed by atoms with Crippen LogP contribution in [0.25, 0.3) is 0 Å². The molecule has 7 heteroatoms. The van der Waals surface area contributed by atoms with E-state index in [0.717, 1.165) is 12.1 Å². The Kier molecular flexibility index (Phi) is 3.60. The van der Waals surface area contributed by atoms with Crippen LogP contribution in [-0.4, -0.2) is 0 Å². The lowest BCUT2D eigenvalue weighted by atomic mass is 9.83. The average Bonchev–Trinajstić information content (AvgIpc) is 2.52. The highest BCUT2D eigenvalue weighted by Gasteiger charge is 2.34. The Morgan fingerprint density at radius 3 is 2.50 bits per heavy atom. The Balaban J connectivity index is 2.21. The second-order valence-corrected chi connectivity index (χ2v) is 5.35. The first-order chi connectivity index (χ1) is 11.3. The molecule has 0 aromatic heterocycles. The molecule has 0 saturated carbocycles. The summed E-state index contributed by atoms with van der Waals surface area (Å²) in [4.78, 5) is 0. The molecule has 4 nitrogen and oxygen atoms in total. The van der Waals surface area contributed by atoms with Gasteiger partial charge in [0.05, 0.1) is 11.5 Å². The Bertz CT molecular complexity index is 881. The van der Waals surface area contributed by atoms with Gasteiger partial charge in [0.2, 0.25) is 5.88 Å². The molecule has 2 aromatic rings. The molecule has 0 amide bonds. The highest BCUT2D eigenvalue weighted by molar-refractivity contribution is 5.59. The Hall–Kier alpha value is -3.14. The van der Waals surface area contributed by atoms with Crippen molar-refractivity contribution in [3.8, 4) is 11.8 Å². The number of hydrogen-bond acceptors (Lipinski definition) is 4. The van der Waals surface area contributed by atoms with E-state index in [1.54, 1.807) is 12.1 Å². The van der Waals surface area contributed by atoms with E-state index in [9.17, 15) is 18.4 Å². The largest absolute Gasteiger partial charge is 0.440 e. The summed E-state index contributed by atoms with van der Waals surface area (Å²) < 4.78 is 44.4. The lowest BCUT2D eigenvalue weighted by Gasteiger charge is -2.27. The summed E-state index contributed by atoms with van der Waals surface area (Å²) in [6.45, 7) is 0. The number of nitrogens with zero attached hydrogens (tertiary/aromatic N) is 1. The van der Waals surface area contributed by atoms with Crippen molar-refractivity contribution >= 4 is 5.69 Å². The van der Waals surface area contributed by atoms with Gasteiger partial charge in [-0.1, -0.05) is 24.3 Å². The zero-order valence-electron chi connectivity index (χ0n) is 12.3. The van der Waals surface area contributed by atoms with Gasteiger partial charge in [0, 0.05) is 17.3 Å². The van der Waals surface area contributed by atoms with E-state index in [1.807, 2.05) is 6.07 Å². The van der Waals surface area contributed by atoms with Gasteiger partial charge < -0.3 is 16.2 Å². The average molecular weight is 331 g/mol. The zero-order valence-corrected chi connectivity index (χ0v) is 12.3. The molecule has 0 saturated heterocycles. The Morgan fingerprint density at radius 1 is 1.08 bits per heavy atom. The number of rotatable bonds is 1. The maximum Gasteiger partial charge on any atom is 0.416 e. The normalized spacial score (nSPS) is 17.0. The summed E-state index contributed by atoms with van der Waals surface area (Å²) in [6.07, 6.45) is -4.48. The number of nitrogen functional groups attached to an aromatic ring is 1. The second kappa shape index (κ2) is 5.49. The van der Waals surface area contributed by atoms with Gasteiger partial charge >= 0.3 is 6.18 Å². The predicted molar refractivity (Wildman–Crippen MR) is 81.6 cm³/mol. The lowest BCUT2D eigenvalue weighted by Crippen LogP contribution is -2.21. The van der Waals surface area contributed by atoms with E-state index >= 15 is 0 Å². The molecule has 1 aliphatic rings. The molecule has 0 radical (unpaired) electrons. The van der Waals surface area contributed by atoms with Crippen molar-refractivity contribution in [1.29, 1.82) is 5.26 Å². The van der Waals surface area contributed by atoms with Crippen molar-refractivity contribution in [1.82, 2.24) is 0 Å². The minimum atomic E-state index is -4.48. The second-order valence-electron chi connectivity index (χ2n) is 5.35. The van der Waals surface area contributed by atoms with E-state index in [-0.39, 0.29) is 11.5 Å². The van der Waals surface area contributed by atoms with Gasteiger partial charge in [-0.05, 0) is 17.7 Å². The van der Waals surface area contributed by atoms with Gasteiger partial charge in [0.25, 0.3) is 0 Å². The van der Waals surface area contributed by atoms with Crippen LogP contribution in [0.5, 0.6) is 5.75 Å². The molecule has 0 fully saturated rings. The third-order valence-electron chi connectivity index (χ3n) is 3.79. The summed E-state index contributed by atoms with van der Waals surface area (Å²) in [7, 11) is 0. The fourth-order valence-electron chi connectivity index (χ4n) is 2.71. The Labute approximate surface area is 135 Å². The fourth-order valence-corrected chi connectivity index (χ4v) is 2.71. The van der Waals surface area contributed by atoms with Gasteiger partial charge in [-0.2, -0.15) is 18.4 Å². The van der Waals surface area contributed by atoms with E-state index in [0.29, 0.717) is 22.6 Å². The number of anilines is 1. The predicted octanol–water partition coefficient (Wildman–Crippen LogP) is 3.51. The number of nitrogens with two attached hydrogens (primary N) is 2. The molecule has 122 valence electrons. The van der Waals surface area contributed by atoms with Crippen molar-refractivity contribution in [3.63, 3.8) is 0 Å². The minimum Gasteiger partial charge on any atom is -0.440 e. The molecule has 3 rings (SSSR count). The van der Waals surface area contributed by atoms with Gasteiger partial charge in [-0.25, -0.2) is 0 Å². The van der Waals surface area contributed by atoms with Crippen molar-refractivity contribution in [2.24, 2.45) is 5.73 Å². The maximum atomic E-state index is 13.0. The standard InChI is InChI=1S/C17H12F3N3O/c18-17(19,20)10-3-1-2-9(6-10)15-12-5-4-11(22)7-14(12)24-16(23)13(15)8-21/h1-7,15H,22-23H2/t15-/m0/s1. The molecule has 1 aliphatic heterocycles. The minimum absolute atomic E-state index is 0.0617. The number of benzene rings is 2. The third-order valence-corrected chi connectivity index (χ3v) is 3.79. The van der Waals surface area contributed by atoms with Crippen LogP contribution >= 0.6 is 0 Å². The summed E-state index contributed by atoms with van der Waals surface area (Å²) in [6, 6.07) is 11.5. The van der Waals surface area contributed by atoms with E-state index < -0.39 is 17.7 Å². The number of allylic oxidation sites excluding steroid dienone is 1. The lowest BCUT2D eigenvalue weighted by molar-refractivity contribution is -0.137. The van der Waals surface area contributed by atoms with Crippen LogP contribution < -0.4 is 16.2 Å². The van der Waals surface area contributed by atoms with Gasteiger partial charge in [-0.3, -0.25) is 0 Å². The summed E-state index contributed by atoms with van der Waals surface area (Å²) >= 11 is 0. The maximum absolute atomic E-state index is 13.0. The van der Waals surface area contributed by atoms with Gasteiger partial charge in [-0.15, -0.1) is 0 Å². The van der Waals surface area contributed by atoms with Crippen LogP contribution in [0.3, 0.4) is 0 Å². The molecule has 0 aliphatic carbocycles. The highest BCUT2D eigenvalue weighted by Crippen LogP contribution is 2.43. The number of halogens is 3. The quantitative estimate of drug-likeness (QED) is 0.783. The van der Waals surface area contributed by atoms with Crippen molar-refractivity contribution < 1.29 is 17.9 Å². The first-order valence-electron chi connectivity index (χ1n) is 6.95. The van der Waals surface area contributed by atoms with Crippen molar-refractivity contribution in [2.45, 2.75) is 12.1 Å². The summed E-state index contributed by atoms with van der Waals surface area (Å²) in [5.74, 6) is -0.562. The van der Waals surface area contributed by atoms with Crippen LogP contribution in [-0.2, 0) is 6.18 Å². The van der Waals surface area contributed by atoms with Gasteiger partial charge in [0.1, 0.15) is 17.4 Å². The monoisotopic (exact) mass is 331 g/mol. The fraction of sp³-hybridized carbons (Fsp3) is 0.118. The number of hydrogen-bond donors (Lipinski definition) is 2. The third kappa shape index (κ3) is 2.63. The van der Waals surface area contributed by atoms with Crippen LogP contribution in [0.4, 0.5) is 18.9 Å². The Morgan fingerprint density at radius 2 is 1.83 bits per heavy atom. The first-order valence-corrected chi connectivity index (χ1v) is 6.95. The smallest absolute Gasteiger partial charge is 0.416 e. The molecule has 24 heavy (non-hydrogen) atoms. The molecular formula is C17H12F3N3O. The van der Waals surface area contributed by atoms with Crippen molar-refractivity contribution in [2.75, 3.05) is 5.73 Å². The van der Waals surface area contributed by atoms with E-state index in [4.69, 9.17) is 16.2 Å². The molecule has 2 aromatic carbocycles. The highest BCUT2D eigenvalue weighted by atomic mass is 19.4. The number of ether oxygens (including phenoxy) is 1. The van der Waals surface area contributed by atoms with Crippen LogP contribution in [0.15, 0.2) is 53.9 Å². The zero-order chi connectivity index (χ0) is 17.5. The molecular weight excluding hydrogens is 319 g/mol. The number of nitriles is 1. The SMILES string of the molecule is N#CC1=C(N)Oc2cc(N)ccc2[C@@H]1c1cccc(C(F)(F)F)c1. The molecule has 1 atom stereocenters. The summed E-state index contributed by atoms with van der Waals surface area (Å²) in [5.41, 5.74) is 12.0. The van der Waals surface area contributed by atoms with Gasteiger partial charge in [0.15, 0.2) is 0 Å². The molecule has 1 heterocycles. The van der Waals surface area contributed by atoms with Crippen LogP contribution in [0.1, 0.15) is 22.6 Å². The van der Waals surface area contributed by atoms with Crippen molar-refractivity contribution in [3.05, 3.63) is 70.6 Å². The molecule has 0 bridgehead atoms. The topological polar surface area (TPSA) is 85.1 Å². The van der Waals surface area contributed by atoms with Crippen LogP contribution in [0, 0.1) is 11.3 Å². The molecule has 4 N–H and O–H groups in total. The molecule has 0 spiro atoms. The van der Waals surface area contributed by atoms with E-state index in [1.165, 1.54) is 18.2 Å². The molecule has 0 unspecified atom stereocenters. The number of fused-ring (bicyclic) bond motifs is 1. The summed E-state index contributed by atoms with van der Waals surface area (Å²) in [5, 5.41) is 9.39. The number of alkyl halides is 3. The first kappa shape index (κ1) is 15.7. The van der Waals surface area contributed by atoms with E-state index in [2.05, 4.69) is 0 Å². The van der Waals surface area contributed by atoms with Crippen LogP contribution in [0.2, 0.25) is 0 Å².